The molecule has 3 aliphatic carbocycles. The first-order valence-electron chi connectivity index (χ1n) is 10.6. The highest BCUT2D eigenvalue weighted by Crippen LogP contribution is 2.54. The molecular formula is C24H28O3. The van der Waals surface area contributed by atoms with Gasteiger partial charge < -0.3 is 9.52 Å². The Hall–Kier alpha value is -2.03. The normalized spacial score (nSPS) is 23.0. The van der Waals surface area contributed by atoms with Gasteiger partial charge in [-0.15, -0.1) is 0 Å². The minimum Gasteiger partial charge on any atom is -0.507 e. The molecular weight excluding hydrogens is 336 g/mol. The molecule has 1 aromatic carbocycles. The van der Waals surface area contributed by atoms with Gasteiger partial charge in [-0.2, -0.15) is 0 Å². The molecule has 3 atom stereocenters. The van der Waals surface area contributed by atoms with Gasteiger partial charge in [-0.25, -0.2) is 4.79 Å². The van der Waals surface area contributed by atoms with E-state index in [9.17, 15) is 9.90 Å². The average Bonchev–Trinajstić information content (AvgIpc) is 3.50. The first-order chi connectivity index (χ1) is 13.1. The van der Waals surface area contributed by atoms with E-state index in [-0.39, 0.29) is 23.2 Å². The molecule has 3 fully saturated rings. The smallest absolute Gasteiger partial charge is 0.343 e. The minimum atomic E-state index is -0.334. The maximum Gasteiger partial charge on any atom is 0.343 e. The van der Waals surface area contributed by atoms with Gasteiger partial charge in [0.25, 0.3) is 0 Å². The Morgan fingerprint density at radius 1 is 0.963 bits per heavy atom. The van der Waals surface area contributed by atoms with Gasteiger partial charge in [0, 0.05) is 17.9 Å². The Kier molecular flexibility index (Phi) is 4.14. The minimum absolute atomic E-state index is 0.0586. The summed E-state index contributed by atoms with van der Waals surface area (Å²) in [4.78, 5) is 13.0. The highest BCUT2D eigenvalue weighted by Gasteiger charge is 2.44. The van der Waals surface area contributed by atoms with Gasteiger partial charge in [-0.3, -0.25) is 0 Å². The number of hydrogen-bond acceptors (Lipinski definition) is 3. The predicted octanol–water partition coefficient (Wildman–Crippen LogP) is 5.43. The molecule has 0 aliphatic heterocycles. The first kappa shape index (κ1) is 17.1. The largest absolute Gasteiger partial charge is 0.507 e. The second-order valence-corrected chi connectivity index (χ2v) is 9.02. The van der Waals surface area contributed by atoms with Crippen LogP contribution in [0.5, 0.6) is 5.75 Å². The maximum atomic E-state index is 13.0. The van der Waals surface area contributed by atoms with Crippen molar-refractivity contribution in [3.8, 4) is 5.75 Å². The summed E-state index contributed by atoms with van der Waals surface area (Å²) in [6, 6.07) is 11.9. The van der Waals surface area contributed by atoms with Gasteiger partial charge in [-0.1, -0.05) is 37.3 Å². The van der Waals surface area contributed by atoms with E-state index >= 15 is 0 Å². The first-order valence-corrected chi connectivity index (χ1v) is 10.6. The van der Waals surface area contributed by atoms with Crippen molar-refractivity contribution >= 4 is 0 Å². The van der Waals surface area contributed by atoms with E-state index in [1.54, 1.807) is 6.07 Å². The van der Waals surface area contributed by atoms with Crippen LogP contribution in [0.2, 0.25) is 0 Å². The van der Waals surface area contributed by atoms with Gasteiger partial charge in [0.05, 0.1) is 5.56 Å². The Morgan fingerprint density at radius 3 is 2.15 bits per heavy atom. The quantitative estimate of drug-likeness (QED) is 0.713. The molecule has 1 aromatic heterocycles. The zero-order valence-corrected chi connectivity index (χ0v) is 15.9. The van der Waals surface area contributed by atoms with Crippen LogP contribution in [-0.2, 0) is 0 Å². The Balaban J connectivity index is 1.54. The molecule has 3 aliphatic rings. The van der Waals surface area contributed by atoms with E-state index in [1.165, 1.54) is 25.7 Å². The second kappa shape index (κ2) is 6.54. The fourth-order valence-electron chi connectivity index (χ4n) is 5.01. The van der Waals surface area contributed by atoms with E-state index in [0.717, 1.165) is 24.3 Å². The second-order valence-electron chi connectivity index (χ2n) is 9.02. The zero-order valence-electron chi connectivity index (χ0n) is 15.9. The predicted molar refractivity (Wildman–Crippen MR) is 105 cm³/mol. The highest BCUT2D eigenvalue weighted by molar-refractivity contribution is 5.42. The summed E-state index contributed by atoms with van der Waals surface area (Å²) in [5, 5.41) is 10.9. The van der Waals surface area contributed by atoms with Crippen LogP contribution in [-0.4, -0.2) is 5.11 Å². The Morgan fingerprint density at radius 2 is 1.59 bits per heavy atom. The summed E-state index contributed by atoms with van der Waals surface area (Å²) in [6.07, 6.45) is 7.20. The zero-order chi connectivity index (χ0) is 18.5. The molecule has 3 unspecified atom stereocenters. The van der Waals surface area contributed by atoms with Crippen molar-refractivity contribution in [3.05, 3.63) is 63.7 Å². The van der Waals surface area contributed by atoms with Crippen LogP contribution in [0.3, 0.4) is 0 Å². The average molecular weight is 364 g/mol. The van der Waals surface area contributed by atoms with Crippen LogP contribution < -0.4 is 5.63 Å². The monoisotopic (exact) mass is 364 g/mol. The van der Waals surface area contributed by atoms with Gasteiger partial charge in [0.1, 0.15) is 11.5 Å². The molecule has 142 valence electrons. The fourth-order valence-corrected chi connectivity index (χ4v) is 5.01. The van der Waals surface area contributed by atoms with Crippen LogP contribution >= 0.6 is 0 Å². The van der Waals surface area contributed by atoms with E-state index in [2.05, 4.69) is 19.1 Å². The molecule has 27 heavy (non-hydrogen) atoms. The third-order valence-corrected chi connectivity index (χ3v) is 6.94. The molecule has 0 spiro atoms. The van der Waals surface area contributed by atoms with E-state index in [1.807, 2.05) is 18.2 Å². The molecule has 1 N–H and O–H groups in total. The topological polar surface area (TPSA) is 50.4 Å². The lowest BCUT2D eigenvalue weighted by atomic mass is 9.82. The standard InChI is InChI=1S/C24H28O3/c1-14(15-7-8-15)21(17-9-10-17)20-13-19(25)23(24(26)27-20)22(18-11-12-18)16-5-3-2-4-6-16/h2-6,13-15,17-18,21-22,25H,7-12H2,1H3. The number of aromatic hydroxyl groups is 1. The van der Waals surface area contributed by atoms with Crippen molar-refractivity contribution in [2.75, 3.05) is 0 Å². The van der Waals surface area contributed by atoms with Gasteiger partial charge >= 0.3 is 5.63 Å². The summed E-state index contributed by atoms with van der Waals surface area (Å²) in [5.41, 5.74) is 1.22. The molecule has 5 rings (SSSR count). The summed E-state index contributed by atoms with van der Waals surface area (Å²) in [5.74, 6) is 3.39. The SMILES string of the molecule is CC(C1CC1)C(c1cc(O)c(C(c2ccccc2)C2CC2)c(=O)o1)C1CC1. The summed E-state index contributed by atoms with van der Waals surface area (Å²) in [6.45, 7) is 2.29. The van der Waals surface area contributed by atoms with E-state index in [4.69, 9.17) is 4.42 Å². The Bertz CT molecular complexity index is 872. The van der Waals surface area contributed by atoms with Crippen molar-refractivity contribution < 1.29 is 9.52 Å². The van der Waals surface area contributed by atoms with Crippen LogP contribution in [0.25, 0.3) is 0 Å². The van der Waals surface area contributed by atoms with Crippen LogP contribution in [0.15, 0.2) is 45.6 Å². The van der Waals surface area contributed by atoms with E-state index < -0.39 is 0 Å². The molecule has 3 nitrogen and oxygen atoms in total. The molecule has 0 amide bonds. The lowest BCUT2D eigenvalue weighted by Gasteiger charge is -2.24. The molecule has 3 heteroatoms. The molecule has 3 saturated carbocycles. The van der Waals surface area contributed by atoms with Crippen molar-refractivity contribution in [2.45, 2.75) is 57.3 Å². The van der Waals surface area contributed by atoms with Crippen molar-refractivity contribution in [1.29, 1.82) is 0 Å². The third kappa shape index (κ3) is 3.33. The van der Waals surface area contributed by atoms with Crippen LogP contribution in [0.4, 0.5) is 0 Å². The van der Waals surface area contributed by atoms with E-state index in [0.29, 0.717) is 29.1 Å². The lowest BCUT2D eigenvalue weighted by Crippen LogP contribution is -2.20. The summed E-state index contributed by atoms with van der Waals surface area (Å²) < 4.78 is 5.92. The van der Waals surface area contributed by atoms with Gasteiger partial charge in [0.2, 0.25) is 0 Å². The number of rotatable bonds is 7. The van der Waals surface area contributed by atoms with Crippen molar-refractivity contribution in [2.24, 2.45) is 23.7 Å². The van der Waals surface area contributed by atoms with Crippen molar-refractivity contribution in [3.63, 3.8) is 0 Å². The lowest BCUT2D eigenvalue weighted by molar-refractivity contribution is 0.298. The van der Waals surface area contributed by atoms with Crippen LogP contribution in [0, 0.1) is 23.7 Å². The van der Waals surface area contributed by atoms with Gasteiger partial charge in [0.15, 0.2) is 0 Å². The maximum absolute atomic E-state index is 13.0. The van der Waals surface area contributed by atoms with Crippen LogP contribution in [0.1, 0.15) is 74.2 Å². The summed E-state index contributed by atoms with van der Waals surface area (Å²) in [7, 11) is 0. The number of benzene rings is 1. The third-order valence-electron chi connectivity index (χ3n) is 6.94. The summed E-state index contributed by atoms with van der Waals surface area (Å²) >= 11 is 0. The van der Waals surface area contributed by atoms with Gasteiger partial charge in [-0.05, 0) is 67.8 Å². The fraction of sp³-hybridized carbons (Fsp3) is 0.542. The molecule has 0 bridgehead atoms. The molecule has 0 radical (unpaired) electrons. The molecule has 2 aromatic rings. The molecule has 1 heterocycles. The highest BCUT2D eigenvalue weighted by atomic mass is 16.4. The number of hydrogen-bond donors (Lipinski definition) is 1. The molecule has 0 saturated heterocycles. The Labute approximate surface area is 160 Å². The van der Waals surface area contributed by atoms with Crippen molar-refractivity contribution in [1.82, 2.24) is 0 Å².